The maximum atomic E-state index is 13.7. The molecule has 0 saturated carbocycles. The Morgan fingerprint density at radius 1 is 1.08 bits per heavy atom. The van der Waals surface area contributed by atoms with Crippen molar-refractivity contribution < 1.29 is 13.6 Å². The van der Waals surface area contributed by atoms with Gasteiger partial charge in [-0.1, -0.05) is 37.3 Å². The number of carbonyl (C=O) groups excluding carboxylic acids is 1. The number of anilines is 1. The molecule has 4 nitrogen and oxygen atoms in total. The number of rotatable bonds is 6. The number of pyridine rings is 1. The Morgan fingerprint density at radius 2 is 1.77 bits per heavy atom. The summed E-state index contributed by atoms with van der Waals surface area (Å²) in [5.74, 6) is -2.05. The molecule has 0 unspecified atom stereocenters. The van der Waals surface area contributed by atoms with Gasteiger partial charge in [0, 0.05) is 18.1 Å². The predicted molar refractivity (Wildman–Crippen MR) is 97.7 cm³/mol. The van der Waals surface area contributed by atoms with Crippen LogP contribution in [0.2, 0.25) is 0 Å². The monoisotopic (exact) mass is 355 g/mol. The molecule has 0 aliphatic heterocycles. The van der Waals surface area contributed by atoms with Crippen molar-refractivity contribution in [1.82, 2.24) is 9.88 Å². The Bertz CT molecular complexity index is 904. The Kier molecular flexibility index (Phi) is 5.53. The van der Waals surface area contributed by atoms with Crippen molar-refractivity contribution >= 4 is 22.5 Å². The molecule has 3 rings (SSSR count). The van der Waals surface area contributed by atoms with Gasteiger partial charge in [-0.25, -0.2) is 8.78 Å². The summed E-state index contributed by atoms with van der Waals surface area (Å²) in [6.45, 7) is 3.07. The molecular formula is C20H19F2N3O. The van der Waals surface area contributed by atoms with Crippen molar-refractivity contribution in [3.63, 3.8) is 0 Å². The number of fused-ring (bicyclic) bond motifs is 1. The number of nitrogens with zero attached hydrogens (tertiary/aromatic N) is 2. The normalized spacial score (nSPS) is 11.1. The quantitative estimate of drug-likeness (QED) is 0.728. The molecule has 3 aromatic rings. The van der Waals surface area contributed by atoms with Crippen LogP contribution in [0.25, 0.3) is 10.9 Å². The van der Waals surface area contributed by atoms with Crippen molar-refractivity contribution in [2.45, 2.75) is 13.5 Å². The van der Waals surface area contributed by atoms with Gasteiger partial charge in [0.2, 0.25) is 5.91 Å². The van der Waals surface area contributed by atoms with E-state index in [1.807, 2.05) is 42.2 Å². The van der Waals surface area contributed by atoms with Gasteiger partial charge in [-0.15, -0.1) is 0 Å². The summed E-state index contributed by atoms with van der Waals surface area (Å²) in [5, 5.41) is 3.35. The van der Waals surface area contributed by atoms with Crippen LogP contribution in [0.4, 0.5) is 14.5 Å². The van der Waals surface area contributed by atoms with Gasteiger partial charge in [0.1, 0.15) is 17.3 Å². The molecule has 1 amide bonds. The van der Waals surface area contributed by atoms with Crippen LogP contribution in [-0.2, 0) is 11.3 Å². The fourth-order valence-corrected chi connectivity index (χ4v) is 2.81. The van der Waals surface area contributed by atoms with Gasteiger partial charge in [-0.3, -0.25) is 14.7 Å². The van der Waals surface area contributed by atoms with Gasteiger partial charge in [0.25, 0.3) is 0 Å². The topological polar surface area (TPSA) is 45.2 Å². The number of para-hydroxylation sites is 2. The second kappa shape index (κ2) is 8.01. The average Bonchev–Trinajstić information content (AvgIpc) is 2.64. The van der Waals surface area contributed by atoms with Gasteiger partial charge in [0.15, 0.2) is 0 Å². The van der Waals surface area contributed by atoms with E-state index < -0.39 is 23.2 Å². The first kappa shape index (κ1) is 17.9. The maximum absolute atomic E-state index is 13.7. The van der Waals surface area contributed by atoms with Crippen LogP contribution < -0.4 is 5.32 Å². The van der Waals surface area contributed by atoms with E-state index in [4.69, 9.17) is 0 Å². The predicted octanol–water partition coefficient (Wildman–Crippen LogP) is 3.97. The van der Waals surface area contributed by atoms with Crippen molar-refractivity contribution in [2.24, 2.45) is 0 Å². The third-order valence-electron chi connectivity index (χ3n) is 4.15. The number of carbonyl (C=O) groups is 1. The molecule has 134 valence electrons. The molecule has 0 atom stereocenters. The lowest BCUT2D eigenvalue weighted by molar-refractivity contribution is -0.117. The minimum absolute atomic E-state index is 0.0213. The number of nitrogens with one attached hydrogen (secondary N) is 1. The molecule has 1 aromatic heterocycles. The first-order chi connectivity index (χ1) is 12.6. The van der Waals surface area contributed by atoms with Gasteiger partial charge < -0.3 is 5.32 Å². The fraction of sp³-hybridized carbons (Fsp3) is 0.200. The van der Waals surface area contributed by atoms with Gasteiger partial charge in [0.05, 0.1) is 12.1 Å². The highest BCUT2D eigenvalue weighted by Gasteiger charge is 2.15. The second-order valence-corrected chi connectivity index (χ2v) is 5.94. The molecule has 0 bridgehead atoms. The zero-order chi connectivity index (χ0) is 18.5. The highest BCUT2D eigenvalue weighted by molar-refractivity contribution is 5.92. The molecule has 0 radical (unpaired) electrons. The number of hydrogen-bond donors (Lipinski definition) is 1. The molecule has 0 fully saturated rings. The highest BCUT2D eigenvalue weighted by atomic mass is 19.1. The standard InChI is InChI=1S/C20H19F2N3O/c1-2-25(12-15-7-3-6-14-8-5-11-23-19(14)15)13-18(26)24-20-16(21)9-4-10-17(20)22/h3-11H,2,12-13H2,1H3,(H,24,26). The molecule has 1 N–H and O–H groups in total. The van der Waals surface area contributed by atoms with E-state index >= 15 is 0 Å². The SMILES string of the molecule is CCN(CC(=O)Nc1c(F)cccc1F)Cc1cccc2cccnc12. The molecular weight excluding hydrogens is 336 g/mol. The molecule has 0 aliphatic rings. The van der Waals surface area contributed by atoms with E-state index in [-0.39, 0.29) is 6.54 Å². The summed E-state index contributed by atoms with van der Waals surface area (Å²) in [6, 6.07) is 13.2. The largest absolute Gasteiger partial charge is 0.320 e. The van der Waals surface area contributed by atoms with E-state index in [2.05, 4.69) is 10.3 Å². The number of halogens is 2. The van der Waals surface area contributed by atoms with E-state index in [0.29, 0.717) is 13.1 Å². The molecule has 6 heteroatoms. The molecule has 0 spiro atoms. The van der Waals surface area contributed by atoms with E-state index in [0.717, 1.165) is 28.6 Å². The Morgan fingerprint density at radius 3 is 2.50 bits per heavy atom. The summed E-state index contributed by atoms with van der Waals surface area (Å²) in [5.41, 5.74) is 1.46. The Labute approximate surface area is 150 Å². The molecule has 0 saturated heterocycles. The van der Waals surface area contributed by atoms with Crippen LogP contribution in [-0.4, -0.2) is 28.9 Å². The van der Waals surface area contributed by atoms with Crippen LogP contribution in [0.15, 0.2) is 54.7 Å². The Hall–Kier alpha value is -2.86. The summed E-state index contributed by atoms with van der Waals surface area (Å²) < 4.78 is 27.3. The van der Waals surface area contributed by atoms with Crippen molar-refractivity contribution in [3.8, 4) is 0 Å². The second-order valence-electron chi connectivity index (χ2n) is 5.94. The zero-order valence-electron chi connectivity index (χ0n) is 14.4. The first-order valence-electron chi connectivity index (χ1n) is 8.37. The van der Waals surface area contributed by atoms with Crippen LogP contribution in [0.3, 0.4) is 0 Å². The lowest BCUT2D eigenvalue weighted by Crippen LogP contribution is -2.33. The number of aromatic nitrogens is 1. The maximum Gasteiger partial charge on any atom is 0.238 e. The summed E-state index contributed by atoms with van der Waals surface area (Å²) in [6.07, 6.45) is 1.73. The lowest BCUT2D eigenvalue weighted by Gasteiger charge is -2.20. The van der Waals surface area contributed by atoms with Crippen molar-refractivity contribution in [2.75, 3.05) is 18.4 Å². The van der Waals surface area contributed by atoms with Crippen LogP contribution in [0, 0.1) is 11.6 Å². The number of benzene rings is 2. The van der Waals surface area contributed by atoms with Crippen LogP contribution in [0.1, 0.15) is 12.5 Å². The molecule has 26 heavy (non-hydrogen) atoms. The first-order valence-corrected chi connectivity index (χ1v) is 8.37. The summed E-state index contributed by atoms with van der Waals surface area (Å²) in [7, 11) is 0. The number of amides is 1. The van der Waals surface area contributed by atoms with Crippen LogP contribution in [0.5, 0.6) is 0 Å². The lowest BCUT2D eigenvalue weighted by atomic mass is 10.1. The third kappa shape index (κ3) is 4.03. The molecule has 2 aromatic carbocycles. The van der Waals surface area contributed by atoms with Gasteiger partial charge >= 0.3 is 0 Å². The number of hydrogen-bond acceptors (Lipinski definition) is 3. The minimum Gasteiger partial charge on any atom is -0.320 e. The number of likely N-dealkylation sites (N-methyl/N-ethyl adjacent to an activating group) is 1. The zero-order valence-corrected chi connectivity index (χ0v) is 14.4. The molecule has 1 heterocycles. The molecule has 0 aliphatic carbocycles. The highest BCUT2D eigenvalue weighted by Crippen LogP contribution is 2.19. The summed E-state index contributed by atoms with van der Waals surface area (Å²) >= 11 is 0. The smallest absolute Gasteiger partial charge is 0.238 e. The van der Waals surface area contributed by atoms with Gasteiger partial charge in [-0.2, -0.15) is 0 Å². The van der Waals surface area contributed by atoms with Crippen molar-refractivity contribution in [1.29, 1.82) is 0 Å². The minimum atomic E-state index is -0.792. The Balaban J connectivity index is 1.72. The third-order valence-corrected chi connectivity index (χ3v) is 4.15. The fourth-order valence-electron chi connectivity index (χ4n) is 2.81. The average molecular weight is 355 g/mol. The van der Waals surface area contributed by atoms with Crippen LogP contribution >= 0.6 is 0 Å². The van der Waals surface area contributed by atoms with Crippen molar-refractivity contribution in [3.05, 3.63) is 71.9 Å². The van der Waals surface area contributed by atoms with E-state index in [1.54, 1.807) is 6.20 Å². The van der Waals surface area contributed by atoms with E-state index in [9.17, 15) is 13.6 Å². The van der Waals surface area contributed by atoms with Gasteiger partial charge in [-0.05, 0) is 30.3 Å². The van der Waals surface area contributed by atoms with E-state index in [1.165, 1.54) is 6.07 Å². The summed E-state index contributed by atoms with van der Waals surface area (Å²) in [4.78, 5) is 18.5.